The topological polar surface area (TPSA) is 107 Å². The minimum atomic E-state index is -0.822. The Bertz CT molecular complexity index is 899. The van der Waals surface area contributed by atoms with Gasteiger partial charge in [-0.15, -0.1) is 10.2 Å². The second-order valence-electron chi connectivity index (χ2n) is 9.15. The second-order valence-corrected chi connectivity index (χ2v) is 9.54. The summed E-state index contributed by atoms with van der Waals surface area (Å²) in [6, 6.07) is 9.65. The van der Waals surface area contributed by atoms with Crippen molar-refractivity contribution < 1.29 is 15.0 Å². The molecule has 1 heterocycles. The van der Waals surface area contributed by atoms with E-state index < -0.39 is 5.97 Å². The van der Waals surface area contributed by atoms with Crippen LogP contribution in [0.2, 0.25) is 5.15 Å². The lowest BCUT2D eigenvalue weighted by atomic mass is 9.78. The summed E-state index contributed by atoms with van der Waals surface area (Å²) in [5.74, 6) is 0.495. The highest BCUT2D eigenvalue weighted by atomic mass is 35.5. The number of carboxylic acids is 1. The lowest BCUT2D eigenvalue weighted by molar-refractivity contribution is -0.137. The molecule has 3 rings (SSSR count). The van der Waals surface area contributed by atoms with Gasteiger partial charge in [-0.2, -0.15) is 0 Å². The smallest absolute Gasteiger partial charge is 0.303 e. The van der Waals surface area contributed by atoms with Gasteiger partial charge >= 0.3 is 5.97 Å². The fourth-order valence-electron chi connectivity index (χ4n) is 4.47. The van der Waals surface area contributed by atoms with Crippen LogP contribution in [0, 0.1) is 11.8 Å². The second kappa shape index (κ2) is 11.0. The highest BCUT2D eigenvalue weighted by Crippen LogP contribution is 2.36. The van der Waals surface area contributed by atoms with Crippen LogP contribution < -0.4 is 10.6 Å². The number of aliphatic hydroxyl groups is 1. The molecule has 0 spiro atoms. The first kappa shape index (κ1) is 24.3. The third-order valence-corrected chi connectivity index (χ3v) is 6.48. The van der Waals surface area contributed by atoms with Crippen LogP contribution in [0.3, 0.4) is 0 Å². The fourth-order valence-corrected chi connectivity index (χ4v) is 4.57. The van der Waals surface area contributed by atoms with Crippen molar-refractivity contribution in [3.05, 3.63) is 41.0 Å². The molecule has 0 radical (unpaired) electrons. The van der Waals surface area contributed by atoms with Crippen LogP contribution in [0.5, 0.6) is 0 Å². The molecular weight excluding hydrogens is 428 g/mol. The minimum absolute atomic E-state index is 0.0615. The molecule has 32 heavy (non-hydrogen) atoms. The van der Waals surface area contributed by atoms with Crippen molar-refractivity contribution in [3.8, 4) is 0 Å². The average molecular weight is 461 g/mol. The molecule has 2 aromatic rings. The third kappa shape index (κ3) is 6.56. The highest BCUT2D eigenvalue weighted by molar-refractivity contribution is 6.29. The molecule has 1 saturated carbocycles. The van der Waals surface area contributed by atoms with Crippen LogP contribution in [-0.2, 0) is 4.79 Å². The van der Waals surface area contributed by atoms with Crippen molar-refractivity contribution in [2.75, 3.05) is 10.6 Å². The maximum Gasteiger partial charge on any atom is 0.303 e. The molecule has 0 amide bonds. The van der Waals surface area contributed by atoms with Gasteiger partial charge in [-0.25, -0.2) is 0 Å². The minimum Gasteiger partial charge on any atom is -0.481 e. The Kier molecular flexibility index (Phi) is 8.32. The summed E-state index contributed by atoms with van der Waals surface area (Å²) < 4.78 is 0. The molecule has 0 saturated heterocycles. The Morgan fingerprint density at radius 2 is 1.81 bits per heavy atom. The monoisotopic (exact) mass is 460 g/mol. The van der Waals surface area contributed by atoms with E-state index in [1.165, 1.54) is 0 Å². The number of carboxylic acid groups (broad SMARTS) is 1. The lowest BCUT2D eigenvalue weighted by Crippen LogP contribution is -2.37. The highest BCUT2D eigenvalue weighted by Gasteiger charge is 2.29. The zero-order valence-electron chi connectivity index (χ0n) is 18.9. The number of aliphatic carboxylic acids is 1. The zero-order chi connectivity index (χ0) is 23.3. The average Bonchev–Trinajstić information content (AvgIpc) is 2.74. The molecule has 0 aliphatic heterocycles. The molecule has 1 fully saturated rings. The molecule has 174 valence electrons. The molecule has 7 nitrogen and oxygen atoms in total. The molecule has 4 N–H and O–H groups in total. The van der Waals surface area contributed by atoms with Crippen molar-refractivity contribution in [3.63, 3.8) is 0 Å². The van der Waals surface area contributed by atoms with Crippen molar-refractivity contribution >= 4 is 34.8 Å². The predicted molar refractivity (Wildman–Crippen MR) is 128 cm³/mol. The van der Waals surface area contributed by atoms with Gasteiger partial charge in [-0.3, -0.25) is 4.79 Å². The number of nitrogens with one attached hydrogen (secondary N) is 2. The summed E-state index contributed by atoms with van der Waals surface area (Å²) in [7, 11) is 0. The quantitative estimate of drug-likeness (QED) is 0.394. The van der Waals surface area contributed by atoms with E-state index in [0.717, 1.165) is 42.6 Å². The molecule has 1 aliphatic carbocycles. The first-order chi connectivity index (χ1) is 15.2. The number of aliphatic hydroxyl groups excluding tert-OH is 1. The third-order valence-electron chi connectivity index (χ3n) is 6.28. The number of rotatable bonds is 9. The first-order valence-electron chi connectivity index (χ1n) is 11.3. The first-order valence-corrected chi connectivity index (χ1v) is 11.7. The summed E-state index contributed by atoms with van der Waals surface area (Å²) in [5.41, 5.74) is 2.68. The van der Waals surface area contributed by atoms with Gasteiger partial charge in [0.25, 0.3) is 0 Å². The van der Waals surface area contributed by atoms with E-state index in [9.17, 15) is 15.0 Å². The van der Waals surface area contributed by atoms with E-state index in [1.807, 2.05) is 25.1 Å². The van der Waals surface area contributed by atoms with Crippen LogP contribution >= 0.6 is 11.6 Å². The molecule has 1 aliphatic rings. The van der Waals surface area contributed by atoms with Gasteiger partial charge < -0.3 is 20.8 Å². The molecule has 1 aromatic carbocycles. The molecule has 0 bridgehead atoms. The normalized spacial score (nSPS) is 20.6. The zero-order valence-corrected chi connectivity index (χ0v) is 19.6. The van der Waals surface area contributed by atoms with E-state index in [2.05, 4.69) is 34.7 Å². The summed E-state index contributed by atoms with van der Waals surface area (Å²) in [5, 5.41) is 34.5. The van der Waals surface area contributed by atoms with Gasteiger partial charge in [0.1, 0.15) is 0 Å². The number of halogens is 1. The largest absolute Gasteiger partial charge is 0.481 e. The van der Waals surface area contributed by atoms with Crippen LogP contribution in [-0.4, -0.2) is 38.5 Å². The van der Waals surface area contributed by atoms with Gasteiger partial charge in [0.05, 0.1) is 23.9 Å². The molecule has 8 heteroatoms. The molecule has 1 aromatic heterocycles. The van der Waals surface area contributed by atoms with Crippen molar-refractivity contribution in [2.24, 2.45) is 11.8 Å². The molecular formula is C24H33ClN4O3. The predicted octanol–water partition coefficient (Wildman–Crippen LogP) is 5.44. The van der Waals surface area contributed by atoms with Crippen LogP contribution in [0.4, 0.5) is 17.2 Å². The van der Waals surface area contributed by atoms with E-state index in [1.54, 1.807) is 12.1 Å². The van der Waals surface area contributed by atoms with E-state index in [-0.39, 0.29) is 24.5 Å². The van der Waals surface area contributed by atoms with Gasteiger partial charge in [0, 0.05) is 6.04 Å². The number of carbonyl (C=O) groups is 1. The lowest BCUT2D eigenvalue weighted by Gasteiger charge is -2.36. The summed E-state index contributed by atoms with van der Waals surface area (Å²) in [4.78, 5) is 11.2. The summed E-state index contributed by atoms with van der Waals surface area (Å²) in [6.45, 7) is 6.33. The van der Waals surface area contributed by atoms with E-state index in [4.69, 9.17) is 11.6 Å². The SMILES string of the molecule is CC(C)[C@@H](Nc1ccc([C@H](C)CC(=O)O)cc1Nc1ccc(Cl)nn1)C1CCC(O)CC1. The Balaban J connectivity index is 1.89. The standard InChI is InChI=1S/C24H33ClN4O3/c1-14(2)24(16-4-7-18(30)8-5-16)27-19-9-6-17(15(3)12-23(31)32)13-20(19)26-22-11-10-21(25)28-29-22/h6,9-11,13-16,18,24,27,30H,4-5,7-8,12H2,1-3H3,(H,26,29)(H,31,32)/t15-,16?,18?,24-/m1/s1. The fraction of sp³-hybridized carbons (Fsp3) is 0.542. The van der Waals surface area contributed by atoms with Gasteiger partial charge in [-0.1, -0.05) is 38.4 Å². The number of nitrogens with zero attached hydrogens (tertiary/aromatic N) is 2. The number of benzene rings is 1. The Labute approximate surface area is 194 Å². The molecule has 0 unspecified atom stereocenters. The summed E-state index contributed by atoms with van der Waals surface area (Å²) >= 11 is 5.87. The van der Waals surface area contributed by atoms with Crippen LogP contribution in [0.15, 0.2) is 30.3 Å². The summed E-state index contributed by atoms with van der Waals surface area (Å²) in [6.07, 6.45) is 3.55. The van der Waals surface area contributed by atoms with E-state index >= 15 is 0 Å². The van der Waals surface area contributed by atoms with Gasteiger partial charge in [-0.05, 0) is 73.3 Å². The maximum atomic E-state index is 11.2. The Morgan fingerprint density at radius 3 is 2.41 bits per heavy atom. The number of aromatic nitrogens is 2. The van der Waals surface area contributed by atoms with Gasteiger partial charge in [0.15, 0.2) is 11.0 Å². The van der Waals surface area contributed by atoms with Crippen molar-refractivity contribution in [1.29, 1.82) is 0 Å². The maximum absolute atomic E-state index is 11.2. The molecule has 2 atom stereocenters. The Hall–Kier alpha value is -2.38. The van der Waals surface area contributed by atoms with Gasteiger partial charge in [0.2, 0.25) is 0 Å². The Morgan fingerprint density at radius 1 is 1.09 bits per heavy atom. The number of hydrogen-bond donors (Lipinski definition) is 4. The van der Waals surface area contributed by atoms with E-state index in [0.29, 0.717) is 22.8 Å². The number of anilines is 3. The van der Waals surface area contributed by atoms with Crippen molar-refractivity contribution in [1.82, 2.24) is 10.2 Å². The van der Waals surface area contributed by atoms with Crippen LogP contribution in [0.1, 0.15) is 64.4 Å². The number of hydrogen-bond acceptors (Lipinski definition) is 6. The van der Waals surface area contributed by atoms with Crippen LogP contribution in [0.25, 0.3) is 0 Å². The van der Waals surface area contributed by atoms with Crippen molar-refractivity contribution in [2.45, 2.75) is 70.9 Å².